The summed E-state index contributed by atoms with van der Waals surface area (Å²) in [6.07, 6.45) is 4.39. The number of ether oxygens (including phenoxy) is 1. The van der Waals surface area contributed by atoms with Crippen molar-refractivity contribution in [2.75, 3.05) is 6.26 Å². The molecule has 0 saturated heterocycles. The Hall–Kier alpha value is -2.68. The van der Waals surface area contributed by atoms with Crippen molar-refractivity contribution < 1.29 is 21.9 Å². The number of alkyl halides is 2. The van der Waals surface area contributed by atoms with Gasteiger partial charge in [0.1, 0.15) is 11.3 Å². The minimum atomic E-state index is -3.44. The molecule has 1 aliphatic rings. The molecule has 0 unspecified atom stereocenters. The zero-order valence-corrected chi connectivity index (χ0v) is 17.2. The second kappa shape index (κ2) is 7.54. The minimum Gasteiger partial charge on any atom is -0.490 e. The number of fused-ring (bicyclic) bond motifs is 1. The lowest BCUT2D eigenvalue weighted by Gasteiger charge is -2.29. The summed E-state index contributed by atoms with van der Waals surface area (Å²) in [7, 11) is -3.44. The van der Waals surface area contributed by atoms with E-state index in [1.807, 2.05) is 0 Å². The molecule has 2 heterocycles. The van der Waals surface area contributed by atoms with Crippen LogP contribution in [0.1, 0.15) is 36.8 Å². The number of benzene rings is 1. The molecule has 160 valence electrons. The van der Waals surface area contributed by atoms with Crippen molar-refractivity contribution in [3.8, 4) is 5.75 Å². The van der Waals surface area contributed by atoms with Gasteiger partial charge >= 0.3 is 0 Å². The first-order valence-corrected chi connectivity index (χ1v) is 11.6. The molecular formula is C21H22F2N2O4S. The highest BCUT2D eigenvalue weighted by Crippen LogP contribution is 2.36. The number of rotatable bonds is 5. The average molecular weight is 436 g/mol. The Morgan fingerprint density at radius 3 is 2.57 bits per heavy atom. The first kappa shape index (κ1) is 20.6. The molecule has 1 saturated carbocycles. The molecule has 0 aliphatic heterocycles. The van der Waals surface area contributed by atoms with Crippen molar-refractivity contribution in [2.45, 2.75) is 49.0 Å². The standard InChI is InChI=1S/C21H22F2N2O4S/c1-30(27,28)16-2-3-18(29-15-4-7-21(22,23)8-5-15)13(11-16)10-14-12-25-19-17(14)6-9-24-20(19)26/h2-3,6,9,11-12,15,25H,4-5,7-8,10H2,1H3,(H,24,26). The first-order chi connectivity index (χ1) is 14.1. The van der Waals surface area contributed by atoms with E-state index in [0.717, 1.165) is 17.2 Å². The van der Waals surface area contributed by atoms with Gasteiger partial charge in [-0.1, -0.05) is 0 Å². The number of aromatic amines is 2. The van der Waals surface area contributed by atoms with E-state index >= 15 is 0 Å². The van der Waals surface area contributed by atoms with Crippen molar-refractivity contribution in [3.05, 3.63) is 58.1 Å². The average Bonchev–Trinajstić information content (AvgIpc) is 3.08. The molecule has 2 N–H and O–H groups in total. The maximum Gasteiger partial charge on any atom is 0.272 e. The van der Waals surface area contributed by atoms with Crippen molar-refractivity contribution in [2.24, 2.45) is 0 Å². The van der Waals surface area contributed by atoms with Gasteiger partial charge in [0.15, 0.2) is 9.84 Å². The molecule has 30 heavy (non-hydrogen) atoms. The van der Waals surface area contributed by atoms with Gasteiger partial charge in [-0.3, -0.25) is 4.79 Å². The van der Waals surface area contributed by atoms with Gasteiger partial charge in [0.25, 0.3) is 5.56 Å². The van der Waals surface area contributed by atoms with Crippen LogP contribution in [-0.2, 0) is 16.3 Å². The quantitative estimate of drug-likeness (QED) is 0.636. The van der Waals surface area contributed by atoms with Crippen LogP contribution >= 0.6 is 0 Å². The second-order valence-electron chi connectivity index (χ2n) is 7.80. The molecule has 6 nitrogen and oxygen atoms in total. The van der Waals surface area contributed by atoms with Crippen LogP contribution in [-0.4, -0.2) is 36.7 Å². The lowest BCUT2D eigenvalue weighted by atomic mass is 9.94. The van der Waals surface area contributed by atoms with Crippen LogP contribution in [0.15, 0.2) is 46.3 Å². The molecular weight excluding hydrogens is 414 g/mol. The van der Waals surface area contributed by atoms with E-state index in [1.54, 1.807) is 30.6 Å². The molecule has 9 heteroatoms. The topological polar surface area (TPSA) is 92.0 Å². The van der Waals surface area contributed by atoms with Crippen LogP contribution in [0.2, 0.25) is 0 Å². The largest absolute Gasteiger partial charge is 0.490 e. The van der Waals surface area contributed by atoms with Gasteiger partial charge in [-0.05, 0) is 48.2 Å². The molecule has 0 amide bonds. The molecule has 2 aromatic heterocycles. The summed E-state index contributed by atoms with van der Waals surface area (Å²) in [5, 5.41) is 0.728. The monoisotopic (exact) mass is 436 g/mol. The van der Waals surface area contributed by atoms with E-state index in [1.165, 1.54) is 6.07 Å². The lowest BCUT2D eigenvalue weighted by Crippen LogP contribution is -2.31. The Morgan fingerprint density at radius 2 is 1.87 bits per heavy atom. The maximum absolute atomic E-state index is 13.5. The van der Waals surface area contributed by atoms with E-state index in [9.17, 15) is 22.0 Å². The molecule has 0 atom stereocenters. The number of aromatic nitrogens is 2. The van der Waals surface area contributed by atoms with Gasteiger partial charge in [-0.25, -0.2) is 17.2 Å². The van der Waals surface area contributed by atoms with Gasteiger partial charge < -0.3 is 14.7 Å². The fraction of sp³-hybridized carbons (Fsp3) is 0.381. The minimum absolute atomic E-state index is 0.151. The van der Waals surface area contributed by atoms with E-state index in [2.05, 4.69) is 9.97 Å². The van der Waals surface area contributed by atoms with Crippen molar-refractivity contribution >= 4 is 20.7 Å². The molecule has 1 fully saturated rings. The maximum atomic E-state index is 13.5. The molecule has 1 aromatic carbocycles. The summed E-state index contributed by atoms with van der Waals surface area (Å²) < 4.78 is 57.0. The first-order valence-electron chi connectivity index (χ1n) is 9.67. The zero-order chi connectivity index (χ0) is 21.5. The van der Waals surface area contributed by atoms with Gasteiger partial charge in [-0.15, -0.1) is 0 Å². The number of halogens is 2. The van der Waals surface area contributed by atoms with Crippen molar-refractivity contribution in [3.63, 3.8) is 0 Å². The predicted molar refractivity (Wildman–Crippen MR) is 109 cm³/mol. The Labute approximate surface area is 172 Å². The number of sulfone groups is 1. The summed E-state index contributed by atoms with van der Waals surface area (Å²) >= 11 is 0. The van der Waals surface area contributed by atoms with Gasteiger partial charge in [0.2, 0.25) is 5.92 Å². The van der Waals surface area contributed by atoms with Crippen LogP contribution in [0.25, 0.3) is 10.9 Å². The predicted octanol–water partition coefficient (Wildman–Crippen LogP) is 3.81. The lowest BCUT2D eigenvalue weighted by molar-refractivity contribution is -0.0583. The highest BCUT2D eigenvalue weighted by Gasteiger charge is 2.36. The molecule has 4 rings (SSSR count). The van der Waals surface area contributed by atoms with E-state index in [0.29, 0.717) is 23.3 Å². The van der Waals surface area contributed by atoms with Gasteiger partial charge in [0, 0.05) is 43.3 Å². The summed E-state index contributed by atoms with van der Waals surface area (Å²) in [5.41, 5.74) is 1.62. The third kappa shape index (κ3) is 4.26. The summed E-state index contributed by atoms with van der Waals surface area (Å²) in [6.45, 7) is 0. The smallest absolute Gasteiger partial charge is 0.272 e. The Balaban J connectivity index is 1.68. The summed E-state index contributed by atoms with van der Waals surface area (Å²) in [6, 6.07) is 6.37. The van der Waals surface area contributed by atoms with E-state index in [4.69, 9.17) is 4.74 Å². The van der Waals surface area contributed by atoms with Gasteiger partial charge in [-0.2, -0.15) is 0 Å². The van der Waals surface area contributed by atoms with Crippen LogP contribution in [0.5, 0.6) is 5.75 Å². The fourth-order valence-electron chi connectivity index (χ4n) is 3.83. The molecule has 1 aliphatic carbocycles. The number of hydrogen-bond donors (Lipinski definition) is 2. The molecule has 0 radical (unpaired) electrons. The number of H-pyrrole nitrogens is 2. The fourth-order valence-corrected chi connectivity index (χ4v) is 4.50. The highest BCUT2D eigenvalue weighted by molar-refractivity contribution is 7.90. The number of hydrogen-bond acceptors (Lipinski definition) is 4. The van der Waals surface area contributed by atoms with Crippen molar-refractivity contribution in [1.29, 1.82) is 0 Å². The Bertz CT molecular complexity index is 1240. The zero-order valence-electron chi connectivity index (χ0n) is 16.4. The van der Waals surface area contributed by atoms with Crippen LogP contribution in [0, 0.1) is 0 Å². The summed E-state index contributed by atoms with van der Waals surface area (Å²) in [5.74, 6) is -2.18. The van der Waals surface area contributed by atoms with Gasteiger partial charge in [0.05, 0.1) is 11.0 Å². The third-order valence-corrected chi connectivity index (χ3v) is 6.61. The number of nitrogens with one attached hydrogen (secondary N) is 2. The Kier molecular flexibility index (Phi) is 5.17. The number of pyridine rings is 1. The second-order valence-corrected chi connectivity index (χ2v) is 9.82. The molecule has 0 bridgehead atoms. The SMILES string of the molecule is CS(=O)(=O)c1ccc(OC2CCC(F)(F)CC2)c(Cc2c[nH]c3c(=O)[nH]ccc23)c1. The van der Waals surface area contributed by atoms with Crippen LogP contribution in [0.3, 0.4) is 0 Å². The van der Waals surface area contributed by atoms with E-state index < -0.39 is 15.8 Å². The van der Waals surface area contributed by atoms with Crippen LogP contribution in [0.4, 0.5) is 8.78 Å². The van der Waals surface area contributed by atoms with Crippen LogP contribution < -0.4 is 10.3 Å². The normalized spacial score (nSPS) is 17.3. The highest BCUT2D eigenvalue weighted by atomic mass is 32.2. The Morgan fingerprint density at radius 1 is 1.13 bits per heavy atom. The molecule has 3 aromatic rings. The summed E-state index contributed by atoms with van der Waals surface area (Å²) in [4.78, 5) is 17.7. The third-order valence-electron chi connectivity index (χ3n) is 5.50. The van der Waals surface area contributed by atoms with E-state index in [-0.39, 0.29) is 42.2 Å². The van der Waals surface area contributed by atoms with Crippen molar-refractivity contribution in [1.82, 2.24) is 9.97 Å². The molecule has 0 spiro atoms.